The van der Waals surface area contributed by atoms with E-state index in [0.29, 0.717) is 0 Å². The van der Waals surface area contributed by atoms with Gasteiger partial charge in [-0.2, -0.15) is 4.31 Å². The van der Waals surface area contributed by atoms with Crippen LogP contribution in [0, 0.1) is 5.82 Å². The Morgan fingerprint density at radius 2 is 1.65 bits per heavy atom. The molecule has 1 aliphatic rings. The lowest BCUT2D eigenvalue weighted by atomic mass is 10.0. The zero-order chi connectivity index (χ0) is 22.3. The molecule has 0 radical (unpaired) electrons. The van der Waals surface area contributed by atoms with Crippen LogP contribution >= 0.6 is 11.6 Å². The molecule has 3 aromatic rings. The summed E-state index contributed by atoms with van der Waals surface area (Å²) in [5.74, 6) is -0.317. The first-order chi connectivity index (χ1) is 14.7. The molecule has 3 aromatic carbocycles. The molecule has 0 atom stereocenters. The number of hydrogen-bond acceptors (Lipinski definition) is 3. The topological polar surface area (TPSA) is 57.7 Å². The van der Waals surface area contributed by atoms with Gasteiger partial charge < -0.3 is 0 Å². The number of carbonyl (C=O) groups is 1. The van der Waals surface area contributed by atoms with Crippen LogP contribution in [0.1, 0.15) is 30.9 Å². The van der Waals surface area contributed by atoms with Gasteiger partial charge in [-0.3, -0.25) is 4.90 Å². The number of nitrogens with zero attached hydrogens (tertiary/aromatic N) is 2. The van der Waals surface area contributed by atoms with E-state index in [1.165, 1.54) is 35.2 Å². The molecule has 160 valence electrons. The molecule has 4 rings (SSSR count). The normalized spacial score (nSPS) is 15.3. The Morgan fingerprint density at radius 1 is 0.968 bits per heavy atom. The van der Waals surface area contributed by atoms with Gasteiger partial charge in [0.15, 0.2) is 0 Å². The molecule has 31 heavy (non-hydrogen) atoms. The van der Waals surface area contributed by atoms with Crippen LogP contribution in [0.5, 0.6) is 0 Å². The first-order valence-electron chi connectivity index (χ1n) is 9.70. The number of para-hydroxylation sites is 1. The van der Waals surface area contributed by atoms with Crippen LogP contribution in [-0.2, 0) is 16.6 Å². The van der Waals surface area contributed by atoms with Crippen molar-refractivity contribution in [3.8, 4) is 0 Å². The first kappa shape index (κ1) is 21.3. The highest BCUT2D eigenvalue weighted by molar-refractivity contribution is 7.94. The van der Waals surface area contributed by atoms with Crippen molar-refractivity contribution in [1.82, 2.24) is 0 Å². The van der Waals surface area contributed by atoms with E-state index in [9.17, 15) is 17.6 Å². The van der Waals surface area contributed by atoms with E-state index in [-0.39, 0.29) is 39.3 Å². The summed E-state index contributed by atoms with van der Waals surface area (Å²) in [6.45, 7) is 3.83. The van der Waals surface area contributed by atoms with E-state index in [4.69, 9.17) is 11.6 Å². The predicted molar refractivity (Wildman–Crippen MR) is 120 cm³/mol. The summed E-state index contributed by atoms with van der Waals surface area (Å²) < 4.78 is 41.9. The van der Waals surface area contributed by atoms with Gasteiger partial charge in [0.2, 0.25) is 0 Å². The van der Waals surface area contributed by atoms with E-state index >= 15 is 0 Å². The van der Waals surface area contributed by atoms with Crippen LogP contribution in [0.25, 0.3) is 0 Å². The zero-order valence-corrected chi connectivity index (χ0v) is 18.5. The van der Waals surface area contributed by atoms with Gasteiger partial charge in [-0.1, -0.05) is 55.8 Å². The molecule has 2 amide bonds. The van der Waals surface area contributed by atoms with Gasteiger partial charge in [0, 0.05) is 10.6 Å². The quantitative estimate of drug-likeness (QED) is 0.486. The fourth-order valence-corrected chi connectivity index (χ4v) is 5.37. The van der Waals surface area contributed by atoms with Crippen LogP contribution in [0.3, 0.4) is 0 Å². The number of hydrogen-bond donors (Lipinski definition) is 0. The number of rotatable bonds is 4. The number of sulfonamides is 1. The largest absolute Gasteiger partial charge is 0.343 e. The predicted octanol–water partition coefficient (Wildman–Crippen LogP) is 5.94. The molecule has 0 saturated heterocycles. The average Bonchev–Trinajstić information content (AvgIpc) is 2.73. The Bertz CT molecular complexity index is 1240. The molecule has 1 aliphatic heterocycles. The molecule has 0 bridgehead atoms. The number of anilines is 2. The summed E-state index contributed by atoms with van der Waals surface area (Å²) in [6.07, 6.45) is 0. The van der Waals surface area contributed by atoms with E-state index in [1.807, 2.05) is 13.8 Å². The summed E-state index contributed by atoms with van der Waals surface area (Å²) in [5.41, 5.74) is 1.53. The van der Waals surface area contributed by atoms with Crippen LogP contribution in [0.4, 0.5) is 20.6 Å². The minimum Gasteiger partial charge on any atom is -0.287 e. The third-order valence-electron chi connectivity index (χ3n) is 5.25. The monoisotopic (exact) mass is 458 g/mol. The summed E-state index contributed by atoms with van der Waals surface area (Å²) in [5, 5.41) is 0.159. The second-order valence-corrected chi connectivity index (χ2v) is 9.71. The minimum absolute atomic E-state index is 0.0324. The third kappa shape index (κ3) is 3.68. The number of amides is 2. The highest BCUT2D eigenvalue weighted by Gasteiger charge is 2.42. The molecule has 0 saturated carbocycles. The SMILES string of the molecule is CC(C)c1ccc(N2C(=O)N(Cc3c(F)cccc3Cl)c3ccccc3S2(=O)=O)cc1. The lowest BCUT2D eigenvalue weighted by molar-refractivity contribution is 0.253. The van der Waals surface area contributed by atoms with Gasteiger partial charge in [-0.05, 0) is 47.9 Å². The molecule has 0 N–H and O–H groups in total. The fraction of sp³-hybridized carbons (Fsp3) is 0.174. The summed E-state index contributed by atoms with van der Waals surface area (Å²) >= 11 is 6.17. The lowest BCUT2D eigenvalue weighted by Gasteiger charge is -2.36. The van der Waals surface area contributed by atoms with Gasteiger partial charge in [0.1, 0.15) is 10.7 Å². The number of carbonyl (C=O) groups excluding carboxylic acids is 1. The zero-order valence-electron chi connectivity index (χ0n) is 16.9. The third-order valence-corrected chi connectivity index (χ3v) is 7.35. The Labute approximate surface area is 185 Å². The molecule has 0 unspecified atom stereocenters. The van der Waals surface area contributed by atoms with Crippen molar-refractivity contribution in [3.05, 3.63) is 88.7 Å². The maximum absolute atomic E-state index is 14.4. The van der Waals surface area contributed by atoms with Crippen molar-refractivity contribution in [2.75, 3.05) is 9.21 Å². The van der Waals surface area contributed by atoms with Crippen LogP contribution in [0.2, 0.25) is 5.02 Å². The van der Waals surface area contributed by atoms with E-state index < -0.39 is 21.9 Å². The van der Waals surface area contributed by atoms with Gasteiger partial charge in [0.25, 0.3) is 10.0 Å². The maximum atomic E-state index is 14.4. The standard InChI is InChI=1S/C23H20ClFN2O3S/c1-15(2)16-10-12-17(13-11-16)27-23(28)26(14-18-19(24)6-5-7-20(18)25)21-8-3-4-9-22(21)31(27,29)30/h3-13,15H,14H2,1-2H3. The van der Waals surface area contributed by atoms with E-state index in [2.05, 4.69) is 0 Å². The van der Waals surface area contributed by atoms with Crippen LogP contribution in [0.15, 0.2) is 71.6 Å². The lowest BCUT2D eigenvalue weighted by Crippen LogP contribution is -2.50. The van der Waals surface area contributed by atoms with Gasteiger partial charge in [-0.25, -0.2) is 17.6 Å². The molecule has 8 heteroatoms. The Kier molecular flexibility index (Phi) is 5.49. The fourth-order valence-electron chi connectivity index (χ4n) is 3.55. The average molecular weight is 459 g/mol. The minimum atomic E-state index is -4.15. The number of benzene rings is 3. The molecule has 5 nitrogen and oxygen atoms in total. The van der Waals surface area contributed by atoms with Gasteiger partial charge in [0.05, 0.1) is 17.9 Å². The molecule has 0 aliphatic carbocycles. The molecule has 0 spiro atoms. The Morgan fingerprint density at radius 3 is 2.29 bits per heavy atom. The van der Waals surface area contributed by atoms with Gasteiger partial charge >= 0.3 is 6.03 Å². The maximum Gasteiger partial charge on any atom is 0.343 e. The molecular formula is C23H20ClFN2O3S. The summed E-state index contributed by atoms with van der Waals surface area (Å²) in [4.78, 5) is 14.7. The molecule has 0 aromatic heterocycles. The highest BCUT2D eigenvalue weighted by atomic mass is 35.5. The van der Waals surface area contributed by atoms with Crippen molar-refractivity contribution in [1.29, 1.82) is 0 Å². The van der Waals surface area contributed by atoms with E-state index in [0.717, 1.165) is 9.87 Å². The van der Waals surface area contributed by atoms with Crippen molar-refractivity contribution in [2.24, 2.45) is 0 Å². The second kappa shape index (κ2) is 7.98. The first-order valence-corrected chi connectivity index (χ1v) is 11.5. The van der Waals surface area contributed by atoms with Crippen molar-refractivity contribution < 1.29 is 17.6 Å². The molecule has 1 heterocycles. The Balaban J connectivity index is 1.86. The van der Waals surface area contributed by atoms with Gasteiger partial charge in [-0.15, -0.1) is 0 Å². The van der Waals surface area contributed by atoms with Crippen LogP contribution in [-0.4, -0.2) is 14.4 Å². The highest BCUT2D eigenvalue weighted by Crippen LogP contribution is 2.39. The summed E-state index contributed by atoms with van der Waals surface area (Å²) in [7, 11) is -4.15. The number of urea groups is 1. The second-order valence-electron chi connectivity index (χ2n) is 7.55. The van der Waals surface area contributed by atoms with Crippen molar-refractivity contribution in [3.63, 3.8) is 0 Å². The molecule has 0 fully saturated rings. The number of halogens is 2. The summed E-state index contributed by atoms with van der Waals surface area (Å²) in [6, 6.07) is 16.4. The van der Waals surface area contributed by atoms with Crippen molar-refractivity contribution >= 4 is 39.0 Å². The van der Waals surface area contributed by atoms with E-state index in [1.54, 1.807) is 36.4 Å². The number of fused-ring (bicyclic) bond motifs is 1. The smallest absolute Gasteiger partial charge is 0.287 e. The molecular weight excluding hydrogens is 439 g/mol. The Hall–Kier alpha value is -2.90. The van der Waals surface area contributed by atoms with Crippen LogP contribution < -0.4 is 9.21 Å². The van der Waals surface area contributed by atoms with Crippen molar-refractivity contribution in [2.45, 2.75) is 31.2 Å².